The maximum Gasteiger partial charge on any atom is 0.258 e. The molecule has 6 nitrogen and oxygen atoms in total. The molecule has 0 saturated carbocycles. The van der Waals surface area contributed by atoms with Gasteiger partial charge in [-0.2, -0.15) is 5.10 Å². The minimum Gasteiger partial charge on any atom is -0.326 e. The van der Waals surface area contributed by atoms with Gasteiger partial charge in [-0.25, -0.2) is 4.39 Å². The van der Waals surface area contributed by atoms with Crippen molar-refractivity contribution < 1.29 is 9.18 Å². The third kappa shape index (κ3) is 5.41. The Labute approximate surface area is 188 Å². The van der Waals surface area contributed by atoms with Gasteiger partial charge < -0.3 is 5.32 Å². The molecule has 0 unspecified atom stereocenters. The van der Waals surface area contributed by atoms with Crippen LogP contribution in [0.3, 0.4) is 0 Å². The number of amides is 1. The molecule has 1 amide bonds. The van der Waals surface area contributed by atoms with Gasteiger partial charge in [-0.05, 0) is 75.9 Å². The number of rotatable bonds is 6. The molecule has 1 aromatic heterocycles. The van der Waals surface area contributed by atoms with E-state index < -0.39 is 11.7 Å². The summed E-state index contributed by atoms with van der Waals surface area (Å²) >= 11 is 0. The molecule has 0 bridgehead atoms. The van der Waals surface area contributed by atoms with E-state index in [1.807, 2.05) is 42.8 Å². The molecule has 0 aliphatic carbocycles. The first-order valence-corrected chi connectivity index (χ1v) is 10.8. The fraction of sp³-hybridized carbons (Fsp3) is 0.320. The van der Waals surface area contributed by atoms with Crippen LogP contribution in [0.25, 0.3) is 0 Å². The first-order valence-electron chi connectivity index (χ1n) is 10.8. The number of halogens is 1. The van der Waals surface area contributed by atoms with Crippen LogP contribution in [-0.2, 0) is 13.0 Å². The average molecular weight is 436 g/mol. The van der Waals surface area contributed by atoms with Gasteiger partial charge in [0, 0.05) is 30.0 Å². The molecule has 0 saturated heterocycles. The van der Waals surface area contributed by atoms with Gasteiger partial charge in [-0.3, -0.25) is 19.8 Å². The van der Waals surface area contributed by atoms with Crippen molar-refractivity contribution in [3.63, 3.8) is 0 Å². The van der Waals surface area contributed by atoms with Crippen LogP contribution in [0.5, 0.6) is 0 Å². The summed E-state index contributed by atoms with van der Waals surface area (Å²) < 4.78 is 15.9. The number of carbonyl (C=O) groups is 1. The number of aryl methyl sites for hydroxylation is 4. The third-order valence-corrected chi connectivity index (χ3v) is 5.53. The van der Waals surface area contributed by atoms with Gasteiger partial charge in [0.1, 0.15) is 5.82 Å². The van der Waals surface area contributed by atoms with E-state index in [-0.39, 0.29) is 5.56 Å². The van der Waals surface area contributed by atoms with Crippen molar-refractivity contribution in [3.8, 4) is 0 Å². The Hall–Kier alpha value is -3.48. The topological polar surface area (TPSA) is 71.3 Å². The first kappa shape index (κ1) is 23.2. The summed E-state index contributed by atoms with van der Waals surface area (Å²) in [5, 5.41) is 10.6. The second-order valence-corrected chi connectivity index (χ2v) is 7.80. The molecule has 0 fully saturated rings. The Balaban J connectivity index is 1.81. The second-order valence-electron chi connectivity index (χ2n) is 7.80. The van der Waals surface area contributed by atoms with Crippen LogP contribution < -0.4 is 10.6 Å². The largest absolute Gasteiger partial charge is 0.326 e. The van der Waals surface area contributed by atoms with Crippen LogP contribution in [0.1, 0.15) is 45.4 Å². The number of benzene rings is 2. The highest BCUT2D eigenvalue weighted by Gasteiger charge is 2.13. The molecule has 3 aromatic rings. The molecular weight excluding hydrogens is 405 g/mol. The lowest BCUT2D eigenvalue weighted by Crippen LogP contribution is -2.36. The number of guanidine groups is 1. The van der Waals surface area contributed by atoms with E-state index in [4.69, 9.17) is 0 Å². The number of aromatic nitrogens is 2. The minimum absolute atomic E-state index is 0.239. The summed E-state index contributed by atoms with van der Waals surface area (Å²) in [6, 6.07) is 12.2. The Morgan fingerprint density at radius 1 is 1.09 bits per heavy atom. The van der Waals surface area contributed by atoms with E-state index in [0.717, 1.165) is 34.7 Å². The molecule has 168 valence electrons. The number of anilines is 1. The normalized spacial score (nSPS) is 11.5. The average Bonchev–Trinajstić information content (AvgIpc) is 3.04. The zero-order valence-electron chi connectivity index (χ0n) is 19.3. The number of hydrogen-bond donors (Lipinski definition) is 2. The van der Waals surface area contributed by atoms with Crippen molar-refractivity contribution >= 4 is 17.6 Å². The summed E-state index contributed by atoms with van der Waals surface area (Å²) in [4.78, 5) is 17.4. The van der Waals surface area contributed by atoms with Gasteiger partial charge in [0.25, 0.3) is 5.91 Å². The number of para-hydroxylation sites is 1. The van der Waals surface area contributed by atoms with Gasteiger partial charge >= 0.3 is 0 Å². The molecule has 0 aliphatic rings. The quantitative estimate of drug-likeness (QED) is 0.435. The molecule has 32 heavy (non-hydrogen) atoms. The van der Waals surface area contributed by atoms with Gasteiger partial charge in [0.2, 0.25) is 5.96 Å². The van der Waals surface area contributed by atoms with Crippen LogP contribution in [0.4, 0.5) is 10.1 Å². The lowest BCUT2D eigenvalue weighted by molar-refractivity contribution is 0.0976. The molecule has 2 aromatic carbocycles. The highest BCUT2D eigenvalue weighted by Crippen LogP contribution is 2.15. The number of aliphatic imine (C=N–C) groups is 1. The lowest BCUT2D eigenvalue weighted by Gasteiger charge is -2.14. The highest BCUT2D eigenvalue weighted by atomic mass is 19.1. The van der Waals surface area contributed by atoms with E-state index in [9.17, 15) is 9.18 Å². The van der Waals surface area contributed by atoms with Crippen LogP contribution in [0.15, 0.2) is 47.5 Å². The number of hydrogen-bond acceptors (Lipinski definition) is 3. The van der Waals surface area contributed by atoms with E-state index >= 15 is 0 Å². The van der Waals surface area contributed by atoms with Gasteiger partial charge in [0.05, 0.1) is 5.69 Å². The summed E-state index contributed by atoms with van der Waals surface area (Å²) in [6.07, 6.45) is 0.700. The van der Waals surface area contributed by atoms with Crippen molar-refractivity contribution in [2.75, 3.05) is 11.9 Å². The summed E-state index contributed by atoms with van der Waals surface area (Å²) in [5.74, 6) is -0.514. The minimum atomic E-state index is -0.421. The third-order valence-electron chi connectivity index (χ3n) is 5.53. The maximum atomic E-state index is 13.9. The molecule has 1 heterocycles. The first-order chi connectivity index (χ1) is 15.3. The monoisotopic (exact) mass is 435 g/mol. The molecule has 0 radical (unpaired) electrons. The molecule has 3 rings (SSSR count). The molecule has 0 aliphatic heterocycles. The van der Waals surface area contributed by atoms with Gasteiger partial charge in [-0.15, -0.1) is 0 Å². The number of nitrogens with zero attached hydrogens (tertiary/aromatic N) is 3. The highest BCUT2D eigenvalue weighted by molar-refractivity contribution is 6.10. The van der Waals surface area contributed by atoms with Crippen LogP contribution >= 0.6 is 0 Å². The summed E-state index contributed by atoms with van der Waals surface area (Å²) in [5.41, 5.74) is 5.88. The van der Waals surface area contributed by atoms with Crippen molar-refractivity contribution in [3.05, 3.63) is 81.9 Å². The van der Waals surface area contributed by atoms with Crippen molar-refractivity contribution in [1.29, 1.82) is 0 Å². The van der Waals surface area contributed by atoms with Gasteiger partial charge in [0.15, 0.2) is 0 Å². The van der Waals surface area contributed by atoms with Crippen LogP contribution in [-0.4, -0.2) is 28.2 Å². The zero-order chi connectivity index (χ0) is 23.3. The van der Waals surface area contributed by atoms with E-state index in [2.05, 4.69) is 34.6 Å². The lowest BCUT2D eigenvalue weighted by atomic mass is 10.1. The van der Waals surface area contributed by atoms with E-state index in [0.29, 0.717) is 24.5 Å². The smallest absolute Gasteiger partial charge is 0.258 e. The predicted molar refractivity (Wildman–Crippen MR) is 127 cm³/mol. The zero-order valence-corrected chi connectivity index (χ0v) is 19.3. The van der Waals surface area contributed by atoms with Crippen molar-refractivity contribution in [1.82, 2.24) is 15.1 Å². The predicted octanol–water partition coefficient (Wildman–Crippen LogP) is 4.72. The van der Waals surface area contributed by atoms with E-state index in [1.54, 1.807) is 19.1 Å². The van der Waals surface area contributed by atoms with Gasteiger partial charge in [-0.1, -0.05) is 24.3 Å². The Morgan fingerprint density at radius 2 is 1.84 bits per heavy atom. The second kappa shape index (κ2) is 10.2. The molecule has 0 atom stereocenters. The SMILES string of the molecule is CCn1nc(C)c(CCN=C(NC(=O)c2ccc(C)c(F)c2)Nc2ccccc2C)c1C. The van der Waals surface area contributed by atoms with Crippen LogP contribution in [0, 0.1) is 33.5 Å². The Kier molecular flexibility index (Phi) is 7.41. The molecule has 2 N–H and O–H groups in total. The summed E-state index contributed by atoms with van der Waals surface area (Å²) in [6.45, 7) is 11.0. The van der Waals surface area contributed by atoms with Crippen molar-refractivity contribution in [2.24, 2.45) is 4.99 Å². The van der Waals surface area contributed by atoms with Crippen molar-refractivity contribution in [2.45, 2.75) is 47.6 Å². The molecule has 0 spiro atoms. The Bertz CT molecular complexity index is 1150. The molecular formula is C25H30FN5O. The van der Waals surface area contributed by atoms with E-state index in [1.165, 1.54) is 6.07 Å². The number of carbonyl (C=O) groups excluding carboxylic acids is 1. The fourth-order valence-electron chi connectivity index (χ4n) is 3.55. The summed E-state index contributed by atoms with van der Waals surface area (Å²) in [7, 11) is 0. The maximum absolute atomic E-state index is 13.9. The standard InChI is InChI=1S/C25H30FN5O/c1-6-31-19(5)21(18(4)30-31)13-14-27-25(28-23-10-8-7-9-17(23)3)29-24(32)20-12-11-16(2)22(26)15-20/h7-12,15H,6,13-14H2,1-5H3,(H2,27,28,29,32). The fourth-order valence-corrected chi connectivity index (χ4v) is 3.55. The van der Waals surface area contributed by atoms with Crippen LogP contribution in [0.2, 0.25) is 0 Å². The Morgan fingerprint density at radius 3 is 2.50 bits per heavy atom. The molecule has 7 heteroatoms. The number of nitrogens with one attached hydrogen (secondary N) is 2.